The fourth-order valence-electron chi connectivity index (χ4n) is 2.25. The predicted octanol–water partition coefficient (Wildman–Crippen LogP) is 1.11. The van der Waals surface area contributed by atoms with Gasteiger partial charge in [0.05, 0.1) is 7.11 Å². The summed E-state index contributed by atoms with van der Waals surface area (Å²) in [5.41, 5.74) is 0.990. The summed E-state index contributed by atoms with van der Waals surface area (Å²) in [6.45, 7) is 1.99. The number of nitrogens with one attached hydrogen (secondary N) is 1. The van der Waals surface area contributed by atoms with Gasteiger partial charge in [0, 0.05) is 12.5 Å². The molecule has 90 valence electrons. The van der Waals surface area contributed by atoms with Crippen LogP contribution in [0, 0.1) is 5.92 Å². The van der Waals surface area contributed by atoms with Crippen LogP contribution in [0.5, 0.6) is 5.75 Å². The highest BCUT2D eigenvalue weighted by molar-refractivity contribution is 6.02. The maximum absolute atomic E-state index is 11.6. The summed E-state index contributed by atoms with van der Waals surface area (Å²) >= 11 is 0. The van der Waals surface area contributed by atoms with Gasteiger partial charge in [0.2, 0.25) is 5.91 Å². The summed E-state index contributed by atoms with van der Waals surface area (Å²) in [7, 11) is 1.61. The molecule has 4 heteroatoms. The van der Waals surface area contributed by atoms with Crippen molar-refractivity contribution < 1.29 is 14.3 Å². The lowest BCUT2D eigenvalue weighted by Crippen LogP contribution is -2.25. The van der Waals surface area contributed by atoms with Gasteiger partial charge < -0.3 is 10.1 Å². The van der Waals surface area contributed by atoms with Crippen molar-refractivity contribution in [2.24, 2.45) is 5.92 Å². The molecule has 0 radical (unpaired) electrons. The number of amides is 1. The maximum Gasteiger partial charge on any atom is 0.231 e. The first-order valence-corrected chi connectivity index (χ1v) is 5.55. The Morgan fingerprint density at radius 2 is 2.00 bits per heavy atom. The van der Waals surface area contributed by atoms with Crippen molar-refractivity contribution in [1.29, 1.82) is 0 Å². The van der Waals surface area contributed by atoms with Crippen LogP contribution in [0.2, 0.25) is 0 Å². The molecule has 4 nitrogen and oxygen atoms in total. The molecule has 1 heterocycles. The molecule has 0 saturated carbocycles. The van der Waals surface area contributed by atoms with Gasteiger partial charge in [-0.1, -0.05) is 12.1 Å². The molecular formula is C13H15NO3. The van der Waals surface area contributed by atoms with E-state index in [1.165, 1.54) is 6.92 Å². The number of ether oxygens (including phenoxy) is 1. The van der Waals surface area contributed by atoms with Crippen molar-refractivity contribution in [1.82, 2.24) is 5.32 Å². The van der Waals surface area contributed by atoms with Gasteiger partial charge in [-0.05, 0) is 24.6 Å². The molecule has 1 aliphatic rings. The number of methoxy groups -OCH3 is 1. The third-order valence-corrected chi connectivity index (χ3v) is 3.16. The molecular weight excluding hydrogens is 218 g/mol. The van der Waals surface area contributed by atoms with Crippen molar-refractivity contribution >= 4 is 11.7 Å². The van der Waals surface area contributed by atoms with Crippen LogP contribution in [0.3, 0.4) is 0 Å². The van der Waals surface area contributed by atoms with E-state index in [4.69, 9.17) is 4.74 Å². The van der Waals surface area contributed by atoms with Crippen molar-refractivity contribution in [2.75, 3.05) is 13.7 Å². The molecule has 1 saturated heterocycles. The van der Waals surface area contributed by atoms with Gasteiger partial charge in [-0.15, -0.1) is 0 Å². The lowest BCUT2D eigenvalue weighted by molar-refractivity contribution is -0.130. The third kappa shape index (κ3) is 2.16. The second kappa shape index (κ2) is 4.57. The van der Waals surface area contributed by atoms with Crippen LogP contribution in [-0.4, -0.2) is 25.3 Å². The van der Waals surface area contributed by atoms with Gasteiger partial charge in [0.25, 0.3) is 0 Å². The standard InChI is InChI=1S/C13H15NO3/c1-8(15)12-11(7-14-13(12)16)9-3-5-10(17-2)6-4-9/h3-6,11-12H,7H2,1-2H3,(H,14,16)/t11-,12-/m0/s1. The van der Waals surface area contributed by atoms with Crippen molar-refractivity contribution in [3.63, 3.8) is 0 Å². The molecule has 1 aliphatic heterocycles. The maximum atomic E-state index is 11.6. The van der Waals surface area contributed by atoms with Gasteiger partial charge in [-0.2, -0.15) is 0 Å². The zero-order valence-electron chi connectivity index (χ0n) is 9.90. The van der Waals surface area contributed by atoms with Crippen molar-refractivity contribution in [3.05, 3.63) is 29.8 Å². The number of benzene rings is 1. The molecule has 1 N–H and O–H groups in total. The van der Waals surface area contributed by atoms with Gasteiger partial charge in [0.1, 0.15) is 17.5 Å². The summed E-state index contributed by atoms with van der Waals surface area (Å²) in [6, 6.07) is 7.49. The van der Waals surface area contributed by atoms with Gasteiger partial charge in [-0.3, -0.25) is 9.59 Å². The van der Waals surface area contributed by atoms with Gasteiger partial charge in [-0.25, -0.2) is 0 Å². The Balaban J connectivity index is 2.26. The molecule has 1 fully saturated rings. The number of rotatable bonds is 3. The minimum atomic E-state index is -0.552. The number of hydrogen-bond acceptors (Lipinski definition) is 3. The molecule has 1 aromatic rings. The Morgan fingerprint density at radius 3 is 2.53 bits per heavy atom. The lowest BCUT2D eigenvalue weighted by atomic mass is 9.86. The van der Waals surface area contributed by atoms with Crippen LogP contribution in [0.25, 0.3) is 0 Å². The van der Waals surface area contributed by atoms with Gasteiger partial charge in [0.15, 0.2) is 0 Å². The molecule has 0 spiro atoms. The molecule has 1 aromatic carbocycles. The second-order valence-corrected chi connectivity index (χ2v) is 4.21. The summed E-state index contributed by atoms with van der Waals surface area (Å²) < 4.78 is 5.08. The fraction of sp³-hybridized carbons (Fsp3) is 0.385. The van der Waals surface area contributed by atoms with Crippen LogP contribution in [0.15, 0.2) is 24.3 Å². The molecule has 17 heavy (non-hydrogen) atoms. The quantitative estimate of drug-likeness (QED) is 0.796. The van der Waals surface area contributed by atoms with E-state index in [2.05, 4.69) is 5.32 Å². The van der Waals surface area contributed by atoms with Crippen LogP contribution < -0.4 is 10.1 Å². The monoisotopic (exact) mass is 233 g/mol. The molecule has 0 unspecified atom stereocenters. The second-order valence-electron chi connectivity index (χ2n) is 4.21. The first kappa shape index (κ1) is 11.6. The molecule has 2 rings (SSSR count). The Morgan fingerprint density at radius 1 is 1.35 bits per heavy atom. The molecule has 0 aromatic heterocycles. The number of ketones is 1. The molecule has 0 bridgehead atoms. The van der Waals surface area contributed by atoms with E-state index in [0.29, 0.717) is 6.54 Å². The summed E-state index contributed by atoms with van der Waals surface area (Å²) in [5, 5.41) is 2.74. The van der Waals surface area contributed by atoms with E-state index in [1.807, 2.05) is 24.3 Å². The average Bonchev–Trinajstić information content (AvgIpc) is 2.71. The predicted molar refractivity (Wildman–Crippen MR) is 62.9 cm³/mol. The number of carbonyl (C=O) groups is 2. The van der Waals surface area contributed by atoms with Crippen LogP contribution in [0.1, 0.15) is 18.4 Å². The minimum Gasteiger partial charge on any atom is -0.497 e. The van der Waals surface area contributed by atoms with Crippen molar-refractivity contribution in [2.45, 2.75) is 12.8 Å². The number of Topliss-reactive ketones (excluding diaryl/α,β-unsaturated/α-hetero) is 1. The van der Waals surface area contributed by atoms with Crippen molar-refractivity contribution in [3.8, 4) is 5.75 Å². The Bertz CT molecular complexity index is 438. The minimum absolute atomic E-state index is 0.0640. The van der Waals surface area contributed by atoms with E-state index in [-0.39, 0.29) is 17.6 Å². The fourth-order valence-corrected chi connectivity index (χ4v) is 2.25. The largest absolute Gasteiger partial charge is 0.497 e. The smallest absolute Gasteiger partial charge is 0.231 e. The van der Waals surface area contributed by atoms with Crippen LogP contribution in [-0.2, 0) is 9.59 Å². The first-order chi connectivity index (χ1) is 8.13. The summed E-state index contributed by atoms with van der Waals surface area (Å²) in [5.74, 6) is -0.0983. The topological polar surface area (TPSA) is 55.4 Å². The lowest BCUT2D eigenvalue weighted by Gasteiger charge is -2.14. The van der Waals surface area contributed by atoms with E-state index < -0.39 is 5.92 Å². The number of carbonyl (C=O) groups excluding carboxylic acids is 2. The SMILES string of the molecule is COc1ccc([C@@H]2CNC(=O)[C@H]2C(C)=O)cc1. The van der Waals surface area contributed by atoms with E-state index in [1.54, 1.807) is 7.11 Å². The Labute approximate surface area is 100.0 Å². The third-order valence-electron chi connectivity index (χ3n) is 3.16. The summed E-state index contributed by atoms with van der Waals surface area (Å²) in [6.07, 6.45) is 0. The molecule has 1 amide bonds. The molecule has 0 aliphatic carbocycles. The average molecular weight is 233 g/mol. The normalized spacial score (nSPS) is 23.3. The Kier molecular flexibility index (Phi) is 3.13. The van der Waals surface area contributed by atoms with Crippen LogP contribution >= 0.6 is 0 Å². The van der Waals surface area contributed by atoms with E-state index in [0.717, 1.165) is 11.3 Å². The highest BCUT2D eigenvalue weighted by Crippen LogP contribution is 2.30. The highest BCUT2D eigenvalue weighted by Gasteiger charge is 2.38. The van der Waals surface area contributed by atoms with Gasteiger partial charge >= 0.3 is 0 Å². The highest BCUT2D eigenvalue weighted by atomic mass is 16.5. The first-order valence-electron chi connectivity index (χ1n) is 5.55. The zero-order valence-corrected chi connectivity index (χ0v) is 9.90. The number of hydrogen-bond donors (Lipinski definition) is 1. The zero-order chi connectivity index (χ0) is 12.4. The van der Waals surface area contributed by atoms with E-state index in [9.17, 15) is 9.59 Å². The van der Waals surface area contributed by atoms with E-state index >= 15 is 0 Å². The van der Waals surface area contributed by atoms with Crippen LogP contribution in [0.4, 0.5) is 0 Å². The summed E-state index contributed by atoms with van der Waals surface area (Å²) in [4.78, 5) is 23.0. The Hall–Kier alpha value is -1.84. The molecule has 2 atom stereocenters.